The van der Waals surface area contributed by atoms with Crippen LogP contribution in [0.15, 0.2) is 36.9 Å². The van der Waals surface area contributed by atoms with Crippen LogP contribution >= 0.6 is 0 Å². The summed E-state index contributed by atoms with van der Waals surface area (Å²) in [5.74, 6) is 1.31. The Hall–Kier alpha value is -2.50. The molecule has 2 aromatic rings. The van der Waals surface area contributed by atoms with E-state index in [1.807, 2.05) is 18.2 Å². The van der Waals surface area contributed by atoms with Gasteiger partial charge in [-0.2, -0.15) is 0 Å². The highest BCUT2D eigenvalue weighted by Crippen LogP contribution is 2.35. The van der Waals surface area contributed by atoms with E-state index in [9.17, 15) is 4.79 Å². The van der Waals surface area contributed by atoms with Gasteiger partial charge in [0.25, 0.3) is 0 Å². The largest absolute Gasteiger partial charge is 0.454 e. The highest BCUT2D eigenvalue weighted by Gasteiger charge is 2.18. The lowest BCUT2D eigenvalue weighted by atomic mass is 10.2. The number of rotatable bonds is 2. The van der Waals surface area contributed by atoms with E-state index in [4.69, 9.17) is 14.2 Å². The van der Waals surface area contributed by atoms with Crippen LogP contribution in [0.2, 0.25) is 0 Å². The predicted octanol–water partition coefficient (Wildman–Crippen LogP) is 1.80. The highest BCUT2D eigenvalue weighted by molar-refractivity contribution is 5.70. The summed E-state index contributed by atoms with van der Waals surface area (Å²) >= 11 is 0. The first-order valence-corrected chi connectivity index (χ1v) is 5.37. The molecule has 3 rings (SSSR count). The zero-order valence-electron chi connectivity index (χ0n) is 9.41. The lowest BCUT2D eigenvalue weighted by molar-refractivity contribution is 0.138. The molecule has 0 aliphatic carbocycles. The summed E-state index contributed by atoms with van der Waals surface area (Å²) in [4.78, 5) is 15.4. The number of ether oxygens (including phenoxy) is 3. The first-order valence-electron chi connectivity index (χ1n) is 5.37. The summed E-state index contributed by atoms with van der Waals surface area (Å²) in [7, 11) is 0. The SMILES string of the molecule is O=C(OCc1cccc2c1OCO2)n1ccnc1. The number of carbonyl (C=O) groups excluding carboxylic acids is 1. The number of nitrogens with zero attached hydrogens (tertiary/aromatic N) is 2. The summed E-state index contributed by atoms with van der Waals surface area (Å²) in [6.07, 6.45) is 3.94. The van der Waals surface area contributed by atoms with Gasteiger partial charge in [0, 0.05) is 18.0 Å². The predicted molar refractivity (Wildman–Crippen MR) is 60.4 cm³/mol. The molecular formula is C12H10N2O4. The summed E-state index contributed by atoms with van der Waals surface area (Å²) < 4.78 is 17.0. The van der Waals surface area contributed by atoms with Gasteiger partial charge >= 0.3 is 6.09 Å². The van der Waals surface area contributed by atoms with Gasteiger partial charge in [0.2, 0.25) is 6.79 Å². The van der Waals surface area contributed by atoms with Crippen molar-refractivity contribution in [3.63, 3.8) is 0 Å². The van der Waals surface area contributed by atoms with E-state index in [-0.39, 0.29) is 13.4 Å². The zero-order valence-corrected chi connectivity index (χ0v) is 9.41. The van der Waals surface area contributed by atoms with Crippen molar-refractivity contribution >= 4 is 6.09 Å². The van der Waals surface area contributed by atoms with Gasteiger partial charge in [0.15, 0.2) is 11.5 Å². The maximum Gasteiger partial charge on any atom is 0.419 e. The molecule has 1 aliphatic rings. The van der Waals surface area contributed by atoms with E-state index in [1.165, 1.54) is 23.3 Å². The van der Waals surface area contributed by atoms with E-state index >= 15 is 0 Å². The molecule has 18 heavy (non-hydrogen) atoms. The van der Waals surface area contributed by atoms with Crippen molar-refractivity contribution < 1.29 is 19.0 Å². The number of hydrogen-bond donors (Lipinski definition) is 0. The van der Waals surface area contributed by atoms with Crippen molar-refractivity contribution in [3.8, 4) is 11.5 Å². The fraction of sp³-hybridized carbons (Fsp3) is 0.167. The molecule has 0 radical (unpaired) electrons. The Bertz CT molecular complexity index is 565. The number of imidazole rings is 1. The molecule has 6 nitrogen and oxygen atoms in total. The lowest BCUT2D eigenvalue weighted by Gasteiger charge is -2.07. The van der Waals surface area contributed by atoms with Gasteiger partial charge < -0.3 is 14.2 Å². The number of para-hydroxylation sites is 1. The number of carbonyl (C=O) groups is 1. The number of benzene rings is 1. The van der Waals surface area contributed by atoms with Crippen molar-refractivity contribution in [3.05, 3.63) is 42.5 Å². The van der Waals surface area contributed by atoms with Gasteiger partial charge in [0.05, 0.1) is 0 Å². The Morgan fingerprint density at radius 1 is 1.44 bits per heavy atom. The van der Waals surface area contributed by atoms with Crippen molar-refractivity contribution in [2.45, 2.75) is 6.61 Å². The second-order valence-corrected chi connectivity index (χ2v) is 3.68. The van der Waals surface area contributed by atoms with Crippen molar-refractivity contribution in [1.82, 2.24) is 9.55 Å². The van der Waals surface area contributed by atoms with Crippen LogP contribution in [-0.4, -0.2) is 22.4 Å². The minimum atomic E-state index is -0.482. The molecule has 0 amide bonds. The standard InChI is InChI=1S/C12H10N2O4/c15-12(14-5-4-13-7-14)16-6-9-2-1-3-10-11(9)18-8-17-10/h1-5,7H,6,8H2. The van der Waals surface area contributed by atoms with Crippen molar-refractivity contribution in [1.29, 1.82) is 0 Å². The summed E-state index contributed by atoms with van der Waals surface area (Å²) in [5, 5.41) is 0. The Morgan fingerprint density at radius 3 is 3.22 bits per heavy atom. The third kappa shape index (κ3) is 1.88. The van der Waals surface area contributed by atoms with Crippen LogP contribution < -0.4 is 9.47 Å². The van der Waals surface area contributed by atoms with Gasteiger partial charge in [-0.3, -0.25) is 0 Å². The molecule has 2 heterocycles. The van der Waals surface area contributed by atoms with E-state index in [0.29, 0.717) is 11.5 Å². The van der Waals surface area contributed by atoms with Gasteiger partial charge in [-0.25, -0.2) is 14.3 Å². The van der Waals surface area contributed by atoms with Crippen LogP contribution in [0, 0.1) is 0 Å². The van der Waals surface area contributed by atoms with E-state index < -0.39 is 6.09 Å². The van der Waals surface area contributed by atoms with Crippen LogP contribution in [0.25, 0.3) is 0 Å². The molecule has 0 unspecified atom stereocenters. The summed E-state index contributed by atoms with van der Waals surface area (Å²) in [6.45, 7) is 0.325. The first kappa shape index (κ1) is 10.6. The topological polar surface area (TPSA) is 62.6 Å². The first-order chi connectivity index (χ1) is 8.84. The highest BCUT2D eigenvalue weighted by atomic mass is 16.7. The molecule has 1 aromatic carbocycles. The monoisotopic (exact) mass is 246 g/mol. The third-order valence-electron chi connectivity index (χ3n) is 2.54. The Morgan fingerprint density at radius 2 is 2.39 bits per heavy atom. The molecule has 0 bridgehead atoms. The normalized spacial score (nSPS) is 12.4. The second kappa shape index (κ2) is 4.40. The van der Waals surface area contributed by atoms with Crippen molar-refractivity contribution in [2.24, 2.45) is 0 Å². The molecule has 0 spiro atoms. The number of aromatic nitrogens is 2. The fourth-order valence-electron chi connectivity index (χ4n) is 1.69. The smallest absolute Gasteiger partial charge is 0.419 e. The fourth-order valence-corrected chi connectivity index (χ4v) is 1.69. The van der Waals surface area contributed by atoms with Gasteiger partial charge in [-0.15, -0.1) is 0 Å². The Kier molecular flexibility index (Phi) is 2.60. The molecule has 1 aliphatic heterocycles. The van der Waals surface area contributed by atoms with Gasteiger partial charge in [0.1, 0.15) is 12.9 Å². The molecular weight excluding hydrogens is 236 g/mol. The van der Waals surface area contributed by atoms with Crippen molar-refractivity contribution in [2.75, 3.05) is 6.79 Å². The molecule has 0 saturated carbocycles. The van der Waals surface area contributed by atoms with Crippen LogP contribution in [0.4, 0.5) is 4.79 Å². The molecule has 0 fully saturated rings. The van der Waals surface area contributed by atoms with Crippen LogP contribution in [0.3, 0.4) is 0 Å². The zero-order chi connectivity index (χ0) is 12.4. The summed E-state index contributed by atoms with van der Waals surface area (Å²) in [5.41, 5.74) is 0.776. The molecule has 0 saturated heterocycles. The molecule has 92 valence electrons. The molecule has 1 aromatic heterocycles. The second-order valence-electron chi connectivity index (χ2n) is 3.68. The number of hydrogen-bond acceptors (Lipinski definition) is 5. The minimum Gasteiger partial charge on any atom is -0.454 e. The Balaban J connectivity index is 1.71. The molecule has 0 N–H and O–H groups in total. The average molecular weight is 246 g/mol. The third-order valence-corrected chi connectivity index (χ3v) is 2.54. The van der Waals surface area contributed by atoms with Gasteiger partial charge in [-0.1, -0.05) is 12.1 Å². The van der Waals surface area contributed by atoms with Crippen LogP contribution in [0.1, 0.15) is 5.56 Å². The van der Waals surface area contributed by atoms with E-state index in [0.717, 1.165) is 5.56 Å². The van der Waals surface area contributed by atoms with E-state index in [1.54, 1.807) is 0 Å². The van der Waals surface area contributed by atoms with Crippen LogP contribution in [-0.2, 0) is 11.3 Å². The maximum atomic E-state index is 11.6. The molecule has 0 atom stereocenters. The van der Waals surface area contributed by atoms with Gasteiger partial charge in [-0.05, 0) is 6.07 Å². The van der Waals surface area contributed by atoms with E-state index in [2.05, 4.69) is 4.98 Å². The number of fused-ring (bicyclic) bond motifs is 1. The average Bonchev–Trinajstić information content (AvgIpc) is 3.05. The van der Waals surface area contributed by atoms with Crippen LogP contribution in [0.5, 0.6) is 11.5 Å². The maximum absolute atomic E-state index is 11.6. The lowest BCUT2D eigenvalue weighted by Crippen LogP contribution is -2.11. The minimum absolute atomic E-state index is 0.129. The quantitative estimate of drug-likeness (QED) is 0.808. The molecule has 6 heteroatoms. The Labute approximate surface area is 103 Å². The summed E-state index contributed by atoms with van der Waals surface area (Å²) in [6, 6.07) is 5.46.